The predicted octanol–water partition coefficient (Wildman–Crippen LogP) is 2.77. The van der Waals surface area contributed by atoms with Gasteiger partial charge in [0.05, 0.1) is 18.9 Å². The van der Waals surface area contributed by atoms with E-state index in [-0.39, 0.29) is 11.7 Å². The van der Waals surface area contributed by atoms with Crippen LogP contribution in [0.15, 0.2) is 61.1 Å². The molecule has 1 saturated heterocycles. The van der Waals surface area contributed by atoms with Crippen molar-refractivity contribution in [1.82, 2.24) is 24.6 Å². The van der Waals surface area contributed by atoms with Crippen molar-refractivity contribution in [3.05, 3.63) is 78.1 Å². The van der Waals surface area contributed by atoms with Crippen molar-refractivity contribution in [2.75, 3.05) is 39.4 Å². The lowest BCUT2D eigenvalue weighted by Gasteiger charge is -2.28. The van der Waals surface area contributed by atoms with Crippen LogP contribution in [-0.4, -0.2) is 69.9 Å². The molecule has 162 valence electrons. The maximum absolute atomic E-state index is 13.5. The van der Waals surface area contributed by atoms with Gasteiger partial charge in [0.15, 0.2) is 5.69 Å². The van der Waals surface area contributed by atoms with E-state index < -0.39 is 0 Å². The SMILES string of the molecule is O=C(c1ccn(-c2cccc(F)c2)n1)N(CCCN1CCOCC1)Cc1ccncc1. The number of carbonyl (C=O) groups excluding carboxylic acids is 1. The van der Waals surface area contributed by atoms with Crippen molar-refractivity contribution in [3.8, 4) is 5.69 Å². The minimum Gasteiger partial charge on any atom is -0.379 e. The Bertz CT molecular complexity index is 988. The van der Waals surface area contributed by atoms with Gasteiger partial charge >= 0.3 is 0 Å². The highest BCUT2D eigenvalue weighted by molar-refractivity contribution is 5.92. The van der Waals surface area contributed by atoms with E-state index in [1.54, 1.807) is 36.8 Å². The summed E-state index contributed by atoms with van der Waals surface area (Å²) in [6.45, 7) is 5.39. The van der Waals surface area contributed by atoms with Crippen molar-refractivity contribution >= 4 is 5.91 Å². The highest BCUT2D eigenvalue weighted by atomic mass is 19.1. The second kappa shape index (κ2) is 10.3. The van der Waals surface area contributed by atoms with E-state index in [9.17, 15) is 9.18 Å². The molecule has 0 bridgehead atoms. The largest absolute Gasteiger partial charge is 0.379 e. The number of rotatable bonds is 8. The van der Waals surface area contributed by atoms with Crippen LogP contribution in [0.1, 0.15) is 22.5 Å². The van der Waals surface area contributed by atoms with Crippen LogP contribution >= 0.6 is 0 Å². The monoisotopic (exact) mass is 423 g/mol. The molecule has 2 aromatic heterocycles. The molecule has 4 rings (SSSR count). The van der Waals surface area contributed by atoms with Gasteiger partial charge in [-0.2, -0.15) is 5.10 Å². The number of amides is 1. The van der Waals surface area contributed by atoms with Gasteiger partial charge in [0, 0.05) is 51.3 Å². The Morgan fingerprint density at radius 3 is 2.71 bits per heavy atom. The lowest BCUT2D eigenvalue weighted by Crippen LogP contribution is -2.39. The number of benzene rings is 1. The molecule has 3 heterocycles. The quantitative estimate of drug-likeness (QED) is 0.558. The van der Waals surface area contributed by atoms with Gasteiger partial charge in [-0.1, -0.05) is 6.07 Å². The van der Waals surface area contributed by atoms with Gasteiger partial charge in [-0.15, -0.1) is 0 Å². The summed E-state index contributed by atoms with van der Waals surface area (Å²) in [5, 5.41) is 4.40. The van der Waals surface area contributed by atoms with Gasteiger partial charge in [0.2, 0.25) is 0 Å². The van der Waals surface area contributed by atoms with Crippen LogP contribution in [0.25, 0.3) is 5.69 Å². The molecule has 0 N–H and O–H groups in total. The molecule has 0 aliphatic carbocycles. The zero-order chi connectivity index (χ0) is 21.5. The van der Waals surface area contributed by atoms with Crippen LogP contribution in [0.4, 0.5) is 4.39 Å². The zero-order valence-electron chi connectivity index (χ0n) is 17.4. The Labute approximate surface area is 181 Å². The minimum absolute atomic E-state index is 0.144. The van der Waals surface area contributed by atoms with Crippen molar-refractivity contribution in [2.45, 2.75) is 13.0 Å². The highest BCUT2D eigenvalue weighted by Gasteiger charge is 2.20. The fourth-order valence-electron chi connectivity index (χ4n) is 3.63. The smallest absolute Gasteiger partial charge is 0.274 e. The minimum atomic E-state index is -0.344. The molecule has 1 aliphatic heterocycles. The summed E-state index contributed by atoms with van der Waals surface area (Å²) in [6, 6.07) is 11.6. The number of pyridine rings is 1. The molecule has 0 saturated carbocycles. The molecular weight excluding hydrogens is 397 g/mol. The van der Waals surface area contributed by atoms with Gasteiger partial charge in [0.25, 0.3) is 5.91 Å². The third-order valence-corrected chi connectivity index (χ3v) is 5.30. The number of carbonyl (C=O) groups is 1. The average molecular weight is 423 g/mol. The second-order valence-electron chi connectivity index (χ2n) is 7.52. The van der Waals surface area contributed by atoms with Gasteiger partial charge in [0.1, 0.15) is 5.82 Å². The van der Waals surface area contributed by atoms with Gasteiger partial charge in [-0.3, -0.25) is 14.7 Å². The molecule has 31 heavy (non-hydrogen) atoms. The molecule has 1 amide bonds. The topological polar surface area (TPSA) is 63.5 Å². The fraction of sp³-hybridized carbons (Fsp3) is 0.348. The number of hydrogen-bond donors (Lipinski definition) is 0. The summed E-state index contributed by atoms with van der Waals surface area (Å²) in [6.07, 6.45) is 6.00. The number of ether oxygens (including phenoxy) is 1. The fourth-order valence-corrected chi connectivity index (χ4v) is 3.63. The van der Waals surface area contributed by atoms with Crippen molar-refractivity contribution in [2.24, 2.45) is 0 Å². The van der Waals surface area contributed by atoms with Crippen molar-refractivity contribution < 1.29 is 13.9 Å². The van der Waals surface area contributed by atoms with Crippen molar-refractivity contribution in [3.63, 3.8) is 0 Å². The van der Waals surface area contributed by atoms with E-state index in [0.29, 0.717) is 24.5 Å². The standard InChI is InChI=1S/C23H26FN5O2/c24-20-3-1-4-21(17-20)29-12-7-22(26-29)23(30)28(18-19-5-8-25-9-6-19)11-2-10-27-13-15-31-16-14-27/h1,3-9,12,17H,2,10-11,13-16,18H2. The van der Waals surface area contributed by atoms with Crippen LogP contribution in [0.5, 0.6) is 0 Å². The zero-order valence-corrected chi connectivity index (χ0v) is 17.4. The highest BCUT2D eigenvalue weighted by Crippen LogP contribution is 2.13. The number of hydrogen-bond acceptors (Lipinski definition) is 5. The Morgan fingerprint density at radius 2 is 1.94 bits per heavy atom. The Kier molecular flexibility index (Phi) is 7.01. The first-order valence-electron chi connectivity index (χ1n) is 10.5. The first-order valence-corrected chi connectivity index (χ1v) is 10.5. The van der Waals surface area contributed by atoms with E-state index in [0.717, 1.165) is 44.8 Å². The van der Waals surface area contributed by atoms with Crippen LogP contribution in [0.2, 0.25) is 0 Å². The number of halogens is 1. The number of aromatic nitrogens is 3. The summed E-state index contributed by atoms with van der Waals surface area (Å²) in [7, 11) is 0. The van der Waals surface area contributed by atoms with E-state index in [2.05, 4.69) is 15.0 Å². The van der Waals surface area contributed by atoms with Gasteiger partial charge < -0.3 is 9.64 Å². The molecule has 0 atom stereocenters. The first-order chi connectivity index (χ1) is 15.2. The molecule has 1 fully saturated rings. The molecule has 3 aromatic rings. The molecule has 7 nitrogen and oxygen atoms in total. The Hall–Kier alpha value is -3.10. The van der Waals surface area contributed by atoms with Crippen LogP contribution < -0.4 is 0 Å². The third kappa shape index (κ3) is 5.74. The Morgan fingerprint density at radius 1 is 1.13 bits per heavy atom. The van der Waals surface area contributed by atoms with Gasteiger partial charge in [-0.25, -0.2) is 9.07 Å². The predicted molar refractivity (Wildman–Crippen MR) is 114 cm³/mol. The molecule has 0 radical (unpaired) electrons. The molecule has 1 aromatic carbocycles. The summed E-state index contributed by atoms with van der Waals surface area (Å²) in [4.78, 5) is 21.5. The molecular formula is C23H26FN5O2. The first kappa shape index (κ1) is 21.1. The third-order valence-electron chi connectivity index (χ3n) is 5.30. The number of nitrogens with zero attached hydrogens (tertiary/aromatic N) is 5. The molecule has 0 unspecified atom stereocenters. The lowest BCUT2D eigenvalue weighted by atomic mass is 10.2. The maximum Gasteiger partial charge on any atom is 0.274 e. The van der Waals surface area contributed by atoms with E-state index >= 15 is 0 Å². The average Bonchev–Trinajstić information content (AvgIpc) is 3.30. The normalized spacial score (nSPS) is 14.5. The summed E-state index contributed by atoms with van der Waals surface area (Å²) >= 11 is 0. The van der Waals surface area contributed by atoms with Crippen LogP contribution in [0.3, 0.4) is 0 Å². The van der Waals surface area contributed by atoms with Crippen LogP contribution in [0, 0.1) is 5.82 Å². The van der Waals surface area contributed by atoms with E-state index in [1.807, 2.05) is 17.0 Å². The lowest BCUT2D eigenvalue weighted by molar-refractivity contribution is 0.0355. The van der Waals surface area contributed by atoms with E-state index in [1.165, 1.54) is 16.8 Å². The second-order valence-corrected chi connectivity index (χ2v) is 7.52. The van der Waals surface area contributed by atoms with E-state index in [4.69, 9.17) is 4.74 Å². The molecule has 0 spiro atoms. The molecule has 1 aliphatic rings. The Balaban J connectivity index is 1.46. The summed E-state index contributed by atoms with van der Waals surface area (Å²) in [5.41, 5.74) is 1.93. The summed E-state index contributed by atoms with van der Waals surface area (Å²) < 4.78 is 20.5. The van der Waals surface area contributed by atoms with Crippen LogP contribution in [-0.2, 0) is 11.3 Å². The number of morpholine rings is 1. The summed E-state index contributed by atoms with van der Waals surface area (Å²) in [5.74, 6) is -0.489. The molecule has 8 heteroatoms. The van der Waals surface area contributed by atoms with Crippen molar-refractivity contribution in [1.29, 1.82) is 0 Å². The van der Waals surface area contributed by atoms with Gasteiger partial charge in [-0.05, 0) is 48.4 Å². The maximum atomic E-state index is 13.5.